The van der Waals surface area contributed by atoms with Crippen molar-refractivity contribution < 1.29 is 4.74 Å². The van der Waals surface area contributed by atoms with Crippen LogP contribution in [0.4, 0.5) is 5.69 Å². The minimum Gasteiger partial charge on any atom is -0.493 e. The van der Waals surface area contributed by atoms with E-state index in [-0.39, 0.29) is 0 Å². The molecule has 0 saturated carbocycles. The summed E-state index contributed by atoms with van der Waals surface area (Å²) in [4.78, 5) is 6.86. The van der Waals surface area contributed by atoms with E-state index in [9.17, 15) is 0 Å². The molecule has 1 aliphatic heterocycles. The second-order valence-corrected chi connectivity index (χ2v) is 5.69. The average Bonchev–Trinajstić information content (AvgIpc) is 2.45. The fraction of sp³-hybridized carbons (Fsp3) is 0.688. The molecular weight excluding hydrogens is 250 g/mol. The number of likely N-dealkylation sites (tertiary alicyclic amines) is 1. The van der Waals surface area contributed by atoms with E-state index in [1.54, 1.807) is 13.3 Å². The molecule has 4 heteroatoms. The van der Waals surface area contributed by atoms with Gasteiger partial charge in [-0.05, 0) is 45.7 Å². The lowest BCUT2D eigenvalue weighted by Crippen LogP contribution is -2.38. The number of hydrogen-bond donors (Lipinski definition) is 1. The number of anilines is 1. The summed E-state index contributed by atoms with van der Waals surface area (Å²) in [5.41, 5.74) is 2.06. The minimum atomic E-state index is 0.751. The zero-order valence-electron chi connectivity index (χ0n) is 13.0. The number of methoxy groups -OCH3 is 1. The highest BCUT2D eigenvalue weighted by Gasteiger charge is 2.17. The number of nitrogens with zero attached hydrogens (tertiary/aromatic N) is 2. The first-order valence-corrected chi connectivity index (χ1v) is 7.69. The molecule has 0 aliphatic carbocycles. The number of piperidine rings is 1. The van der Waals surface area contributed by atoms with Crippen molar-refractivity contribution in [2.75, 3.05) is 32.1 Å². The maximum atomic E-state index is 5.33. The van der Waals surface area contributed by atoms with Crippen molar-refractivity contribution in [2.45, 2.75) is 45.6 Å². The molecule has 0 bridgehead atoms. The third-order valence-electron chi connectivity index (χ3n) is 4.10. The van der Waals surface area contributed by atoms with Crippen LogP contribution in [0.5, 0.6) is 5.75 Å². The standard InChI is InChI=1S/C16H27N3O/c1-13-11-15(16(20-3)12-18-13)17-8-6-10-19-9-5-4-7-14(19)2/h11-12,14H,4-10H2,1-3H3,(H,17,18). The van der Waals surface area contributed by atoms with Crippen molar-refractivity contribution in [3.05, 3.63) is 18.0 Å². The SMILES string of the molecule is COc1cnc(C)cc1NCCCN1CCCCC1C. The first-order chi connectivity index (χ1) is 9.70. The number of aromatic nitrogens is 1. The summed E-state index contributed by atoms with van der Waals surface area (Å²) in [6.07, 6.45) is 7.04. The molecule has 1 aliphatic rings. The largest absolute Gasteiger partial charge is 0.493 e. The van der Waals surface area contributed by atoms with Crippen LogP contribution in [0.15, 0.2) is 12.3 Å². The van der Waals surface area contributed by atoms with Gasteiger partial charge in [-0.1, -0.05) is 6.42 Å². The summed E-state index contributed by atoms with van der Waals surface area (Å²) in [7, 11) is 1.69. The lowest BCUT2D eigenvalue weighted by molar-refractivity contribution is 0.160. The van der Waals surface area contributed by atoms with E-state index in [2.05, 4.69) is 22.1 Å². The summed E-state index contributed by atoms with van der Waals surface area (Å²) in [6.45, 7) is 7.77. The summed E-state index contributed by atoms with van der Waals surface area (Å²) in [5, 5.41) is 3.47. The zero-order chi connectivity index (χ0) is 14.4. The van der Waals surface area contributed by atoms with Crippen molar-refractivity contribution in [1.82, 2.24) is 9.88 Å². The molecular formula is C16H27N3O. The fourth-order valence-electron chi connectivity index (χ4n) is 2.84. The Hall–Kier alpha value is -1.29. The van der Waals surface area contributed by atoms with E-state index < -0.39 is 0 Å². The topological polar surface area (TPSA) is 37.4 Å². The smallest absolute Gasteiger partial charge is 0.160 e. The number of pyridine rings is 1. The molecule has 112 valence electrons. The number of rotatable bonds is 6. The van der Waals surface area contributed by atoms with Crippen LogP contribution in [0.1, 0.15) is 38.3 Å². The summed E-state index contributed by atoms with van der Waals surface area (Å²) < 4.78 is 5.33. The van der Waals surface area contributed by atoms with Crippen molar-refractivity contribution in [1.29, 1.82) is 0 Å². The Bertz CT molecular complexity index is 422. The van der Waals surface area contributed by atoms with Gasteiger partial charge in [0, 0.05) is 24.8 Å². The van der Waals surface area contributed by atoms with Gasteiger partial charge in [0.1, 0.15) is 0 Å². The molecule has 0 aromatic carbocycles. The maximum Gasteiger partial charge on any atom is 0.160 e. The van der Waals surface area contributed by atoms with Crippen LogP contribution in [0.25, 0.3) is 0 Å². The molecule has 20 heavy (non-hydrogen) atoms. The summed E-state index contributed by atoms with van der Waals surface area (Å²) in [5.74, 6) is 0.821. The van der Waals surface area contributed by atoms with Crippen LogP contribution in [-0.2, 0) is 0 Å². The molecule has 1 aromatic heterocycles. The lowest BCUT2D eigenvalue weighted by Gasteiger charge is -2.33. The third kappa shape index (κ3) is 4.10. The fourth-order valence-corrected chi connectivity index (χ4v) is 2.84. The molecule has 1 unspecified atom stereocenters. The van der Waals surface area contributed by atoms with Gasteiger partial charge in [-0.25, -0.2) is 0 Å². The first kappa shape index (κ1) is 15.1. The molecule has 0 spiro atoms. The van der Waals surface area contributed by atoms with Gasteiger partial charge in [0.05, 0.1) is 19.0 Å². The van der Waals surface area contributed by atoms with Gasteiger partial charge >= 0.3 is 0 Å². The maximum absolute atomic E-state index is 5.33. The van der Waals surface area contributed by atoms with E-state index in [1.807, 2.05) is 13.0 Å². The highest BCUT2D eigenvalue weighted by molar-refractivity contribution is 5.55. The monoisotopic (exact) mass is 277 g/mol. The van der Waals surface area contributed by atoms with Crippen LogP contribution in [0.3, 0.4) is 0 Å². The second kappa shape index (κ2) is 7.48. The Balaban J connectivity index is 1.76. The van der Waals surface area contributed by atoms with Crippen molar-refractivity contribution >= 4 is 5.69 Å². The molecule has 2 rings (SSSR count). The molecule has 1 atom stereocenters. The Morgan fingerprint density at radius 2 is 2.30 bits per heavy atom. The Morgan fingerprint density at radius 1 is 1.45 bits per heavy atom. The Labute approximate surface area is 122 Å². The highest BCUT2D eigenvalue weighted by atomic mass is 16.5. The van der Waals surface area contributed by atoms with E-state index in [1.165, 1.54) is 32.4 Å². The first-order valence-electron chi connectivity index (χ1n) is 7.69. The zero-order valence-corrected chi connectivity index (χ0v) is 13.0. The molecule has 1 aromatic rings. The van der Waals surface area contributed by atoms with Gasteiger partial charge in [-0.3, -0.25) is 4.98 Å². The van der Waals surface area contributed by atoms with Crippen LogP contribution in [0.2, 0.25) is 0 Å². The van der Waals surface area contributed by atoms with Gasteiger partial charge in [0.25, 0.3) is 0 Å². The van der Waals surface area contributed by atoms with Crippen molar-refractivity contribution in [2.24, 2.45) is 0 Å². The average molecular weight is 277 g/mol. The molecule has 2 heterocycles. The van der Waals surface area contributed by atoms with E-state index in [4.69, 9.17) is 4.74 Å². The quantitative estimate of drug-likeness (QED) is 0.811. The van der Waals surface area contributed by atoms with E-state index in [0.717, 1.165) is 36.1 Å². The van der Waals surface area contributed by atoms with Crippen LogP contribution < -0.4 is 10.1 Å². The second-order valence-electron chi connectivity index (χ2n) is 5.69. The predicted octanol–water partition coefficient (Wildman–Crippen LogP) is 3.08. The molecule has 1 fully saturated rings. The van der Waals surface area contributed by atoms with Crippen LogP contribution >= 0.6 is 0 Å². The lowest BCUT2D eigenvalue weighted by atomic mass is 10.0. The molecule has 0 radical (unpaired) electrons. The Kier molecular flexibility index (Phi) is 5.65. The van der Waals surface area contributed by atoms with Gasteiger partial charge < -0.3 is 15.0 Å². The number of ether oxygens (including phenoxy) is 1. The van der Waals surface area contributed by atoms with Gasteiger partial charge in [-0.2, -0.15) is 0 Å². The van der Waals surface area contributed by atoms with E-state index in [0.29, 0.717) is 0 Å². The summed E-state index contributed by atoms with van der Waals surface area (Å²) >= 11 is 0. The summed E-state index contributed by atoms with van der Waals surface area (Å²) in [6, 6.07) is 2.80. The highest BCUT2D eigenvalue weighted by Crippen LogP contribution is 2.23. The molecule has 1 N–H and O–H groups in total. The van der Waals surface area contributed by atoms with Gasteiger partial charge in [-0.15, -0.1) is 0 Å². The van der Waals surface area contributed by atoms with Crippen molar-refractivity contribution in [3.8, 4) is 5.75 Å². The number of aryl methyl sites for hydroxylation is 1. The number of hydrogen-bond acceptors (Lipinski definition) is 4. The minimum absolute atomic E-state index is 0.751. The third-order valence-corrected chi connectivity index (χ3v) is 4.10. The van der Waals surface area contributed by atoms with Crippen LogP contribution in [-0.4, -0.2) is 42.7 Å². The van der Waals surface area contributed by atoms with Gasteiger partial charge in [0.2, 0.25) is 0 Å². The Morgan fingerprint density at radius 3 is 3.05 bits per heavy atom. The number of nitrogens with one attached hydrogen (secondary N) is 1. The predicted molar refractivity (Wildman–Crippen MR) is 83.5 cm³/mol. The normalized spacial score (nSPS) is 19.9. The molecule has 1 saturated heterocycles. The molecule has 4 nitrogen and oxygen atoms in total. The van der Waals surface area contributed by atoms with E-state index >= 15 is 0 Å². The molecule has 0 amide bonds. The van der Waals surface area contributed by atoms with Crippen LogP contribution in [0, 0.1) is 6.92 Å². The van der Waals surface area contributed by atoms with Gasteiger partial charge in [0.15, 0.2) is 5.75 Å². The van der Waals surface area contributed by atoms with Crippen molar-refractivity contribution in [3.63, 3.8) is 0 Å².